The van der Waals surface area contributed by atoms with Gasteiger partial charge < -0.3 is 14.3 Å². The molecule has 7 heteroatoms. The fourth-order valence-corrected chi connectivity index (χ4v) is 12.4. The predicted octanol–water partition coefficient (Wildman–Crippen LogP) is 10.4. The molecule has 44 heavy (non-hydrogen) atoms. The van der Waals surface area contributed by atoms with Crippen molar-refractivity contribution in [2.75, 3.05) is 6.61 Å². The van der Waals surface area contributed by atoms with E-state index in [1.165, 1.54) is 50.5 Å². The molecule has 3 saturated carbocycles. The van der Waals surface area contributed by atoms with Crippen molar-refractivity contribution < 1.29 is 23.9 Å². The highest BCUT2D eigenvalue weighted by Gasteiger charge is 2.65. The van der Waals surface area contributed by atoms with Crippen LogP contribution in [0.15, 0.2) is 11.6 Å². The molecule has 5 nitrogen and oxygen atoms in total. The van der Waals surface area contributed by atoms with E-state index >= 15 is 0 Å². The number of ether oxygens (including phenoxy) is 1. The molecule has 1 N–H and O–H groups in total. The van der Waals surface area contributed by atoms with Crippen molar-refractivity contribution >= 4 is 42.8 Å². The molecule has 0 amide bonds. The maximum Gasteiger partial charge on any atom is 0.306 e. The minimum atomic E-state index is -1.68. The van der Waals surface area contributed by atoms with E-state index < -0.39 is 14.3 Å². The first-order valence-corrected chi connectivity index (χ1v) is 21.8. The van der Waals surface area contributed by atoms with E-state index in [0.29, 0.717) is 11.3 Å². The lowest BCUT2D eigenvalue weighted by atomic mass is 9.47. The second-order valence-corrected chi connectivity index (χ2v) is 24.1. The van der Waals surface area contributed by atoms with Gasteiger partial charge in [-0.1, -0.05) is 95.5 Å². The van der Waals surface area contributed by atoms with Gasteiger partial charge in [-0.05, 0) is 105 Å². The number of carbonyl (C=O) groups excluding carboxylic acids is 1. The van der Waals surface area contributed by atoms with Gasteiger partial charge in [0.25, 0.3) is 0 Å². The molecule has 4 rings (SSSR count). The summed E-state index contributed by atoms with van der Waals surface area (Å²) in [4.78, 5) is 23.2. The number of esters is 1. The number of hydrogen-bond acceptors (Lipinski definition) is 4. The van der Waals surface area contributed by atoms with Crippen LogP contribution in [0.5, 0.6) is 0 Å². The second-order valence-electron chi connectivity index (χ2n) is 17.4. The molecule has 0 aromatic heterocycles. The van der Waals surface area contributed by atoms with Gasteiger partial charge in [0, 0.05) is 21.9 Å². The molecule has 0 bridgehead atoms. The Labute approximate surface area is 283 Å². The lowest BCUT2D eigenvalue weighted by molar-refractivity contribution is -0.153. The topological polar surface area (TPSA) is 72.8 Å². The minimum absolute atomic E-state index is 0.0368. The summed E-state index contributed by atoms with van der Waals surface area (Å²) in [6.45, 7) is 22.7. The largest absolute Gasteiger partial charge is 0.481 e. The van der Waals surface area contributed by atoms with Crippen molar-refractivity contribution in [1.82, 2.24) is 0 Å². The number of carbonyl (C=O) groups is 2. The first-order chi connectivity index (χ1) is 20.3. The number of hydrogen-bond donors (Lipinski definition) is 1. The van der Waals surface area contributed by atoms with Crippen molar-refractivity contribution in [1.29, 1.82) is 0 Å². The Balaban J connectivity index is 1.34. The van der Waals surface area contributed by atoms with Gasteiger partial charge >= 0.3 is 11.9 Å². The summed E-state index contributed by atoms with van der Waals surface area (Å²) in [6.07, 6.45) is 15.4. The van der Waals surface area contributed by atoms with Crippen LogP contribution in [-0.2, 0) is 18.8 Å². The highest BCUT2D eigenvalue weighted by Crippen LogP contribution is 2.71. The van der Waals surface area contributed by atoms with Gasteiger partial charge in [-0.15, -0.1) is 0 Å². The van der Waals surface area contributed by atoms with Gasteiger partial charge in [0.15, 0.2) is 8.32 Å². The first kappa shape index (κ1) is 36.4. The fourth-order valence-electron chi connectivity index (χ4n) is 9.68. The molecule has 0 aliphatic heterocycles. The van der Waals surface area contributed by atoms with Crippen LogP contribution in [-0.4, -0.2) is 41.5 Å². The van der Waals surface area contributed by atoms with Crippen LogP contribution in [0.3, 0.4) is 0 Å². The van der Waals surface area contributed by atoms with Crippen LogP contribution < -0.4 is 0 Å². The predicted molar refractivity (Wildman–Crippen MR) is 191 cm³/mol. The van der Waals surface area contributed by atoms with E-state index in [-0.39, 0.29) is 38.8 Å². The number of carboxylic acid groups (broad SMARTS) is 1. The molecule has 4 aliphatic carbocycles. The summed E-state index contributed by atoms with van der Waals surface area (Å²) in [6, 6.07) is 0. The molecule has 0 heterocycles. The van der Waals surface area contributed by atoms with Crippen molar-refractivity contribution in [3.8, 4) is 0 Å². The Morgan fingerprint density at radius 3 is 2.41 bits per heavy atom. The van der Waals surface area contributed by atoms with Crippen LogP contribution >= 0.6 is 22.6 Å². The van der Waals surface area contributed by atoms with Gasteiger partial charge in [0.2, 0.25) is 0 Å². The van der Waals surface area contributed by atoms with Gasteiger partial charge in [-0.3, -0.25) is 9.59 Å². The molecule has 1 unspecified atom stereocenters. The maximum atomic E-state index is 12.3. The Bertz CT molecular complexity index is 1080. The number of alkyl halides is 1. The van der Waals surface area contributed by atoms with E-state index in [0.717, 1.165) is 56.0 Å². The zero-order valence-corrected chi connectivity index (χ0v) is 32.6. The van der Waals surface area contributed by atoms with Crippen molar-refractivity contribution in [2.24, 2.45) is 40.4 Å². The average molecular weight is 743 g/mol. The number of rotatable bonds is 12. The molecule has 0 aromatic rings. The van der Waals surface area contributed by atoms with E-state index in [1.807, 2.05) is 0 Å². The molecular formula is C37H63IO5Si. The summed E-state index contributed by atoms with van der Waals surface area (Å²) in [5.74, 6) is 2.42. The van der Waals surface area contributed by atoms with Crippen LogP contribution in [0.25, 0.3) is 0 Å². The highest BCUT2D eigenvalue weighted by molar-refractivity contribution is 14.1. The molecule has 252 valence electrons. The molecule has 0 spiro atoms. The highest BCUT2D eigenvalue weighted by atomic mass is 127. The number of carboxylic acids is 1. The van der Waals surface area contributed by atoms with Crippen LogP contribution in [0.1, 0.15) is 132 Å². The Morgan fingerprint density at radius 1 is 1.05 bits per heavy atom. The monoisotopic (exact) mass is 742 g/mol. The summed E-state index contributed by atoms with van der Waals surface area (Å²) in [5, 5.41) is 9.20. The normalized spacial score (nSPS) is 36.8. The molecular weight excluding hydrogens is 679 g/mol. The molecule has 0 saturated heterocycles. The third-order valence-electron chi connectivity index (χ3n) is 13.7. The summed E-state index contributed by atoms with van der Waals surface area (Å²) >= 11 is 2.90. The molecule has 9 atom stereocenters. The first-order valence-electron chi connectivity index (χ1n) is 17.8. The smallest absolute Gasteiger partial charge is 0.306 e. The summed E-state index contributed by atoms with van der Waals surface area (Å²) in [5.41, 5.74) is 2.08. The van der Waals surface area contributed by atoms with Crippen LogP contribution in [0.2, 0.25) is 18.1 Å². The van der Waals surface area contributed by atoms with Crippen molar-refractivity contribution in [3.63, 3.8) is 0 Å². The number of halogens is 1. The van der Waals surface area contributed by atoms with Gasteiger partial charge in [-0.25, -0.2) is 0 Å². The zero-order valence-electron chi connectivity index (χ0n) is 29.4. The van der Waals surface area contributed by atoms with Crippen molar-refractivity contribution in [3.05, 3.63) is 11.6 Å². The Morgan fingerprint density at radius 2 is 1.75 bits per heavy atom. The van der Waals surface area contributed by atoms with Gasteiger partial charge in [0.1, 0.15) is 6.10 Å². The van der Waals surface area contributed by atoms with E-state index in [9.17, 15) is 9.59 Å². The fraction of sp³-hybridized carbons (Fsp3) is 0.892. The second kappa shape index (κ2) is 13.6. The number of fused-ring (bicyclic) bond motifs is 5. The third-order valence-corrected chi connectivity index (χ3v) is 20.7. The molecule has 4 aliphatic rings. The number of aliphatic carboxylic acids is 1. The molecule has 0 aromatic carbocycles. The van der Waals surface area contributed by atoms with E-state index in [1.54, 1.807) is 0 Å². The molecule has 0 radical (unpaired) electrons. The third kappa shape index (κ3) is 7.19. The summed E-state index contributed by atoms with van der Waals surface area (Å²) < 4.78 is 12.6. The molecule has 3 fully saturated rings. The van der Waals surface area contributed by atoms with Gasteiger partial charge in [0.05, 0.1) is 12.8 Å². The average Bonchev–Trinajstić information content (AvgIpc) is 3.28. The lowest BCUT2D eigenvalue weighted by Gasteiger charge is -2.63. The van der Waals surface area contributed by atoms with E-state index in [4.69, 9.17) is 14.3 Å². The van der Waals surface area contributed by atoms with E-state index in [2.05, 4.69) is 90.2 Å². The minimum Gasteiger partial charge on any atom is -0.481 e. The Kier molecular flexibility index (Phi) is 11.3. The standard InChI is InChI=1S/C37H63IO5Si/c1-25(24-42-44(8,9)34(3,4)5)11-10-12-26(2)29-15-16-30-31-14-13-27-23-28(43-33(41)18-17-32(39)40)19-20-36(27,7)37(31,38)22-21-35(29,30)6/h13,25-26,28-31H,10-12,14-24H2,1-9H3,(H,39,40)/t25-,26+,28+,29-,30-,31+,35-,36+,37?/m1/s1. The summed E-state index contributed by atoms with van der Waals surface area (Å²) in [7, 11) is -1.68. The van der Waals surface area contributed by atoms with Crippen LogP contribution in [0.4, 0.5) is 0 Å². The Hall–Kier alpha value is -0.413. The van der Waals surface area contributed by atoms with Gasteiger partial charge in [-0.2, -0.15) is 0 Å². The van der Waals surface area contributed by atoms with Crippen LogP contribution in [0, 0.1) is 40.4 Å². The number of allylic oxidation sites excluding steroid dienone is 1. The quantitative estimate of drug-likeness (QED) is 0.0709. The SMILES string of the molecule is C[C@H](CCC[C@H](C)[C@H]1CC[C@@H]2[C@@H]3CC=C4C[C@@H](OC(=O)CCC(=O)O)CC[C@]4(C)C3(I)CC[C@]12C)CO[Si](C)(C)C(C)(C)C. The maximum absolute atomic E-state index is 12.3. The van der Waals surface area contributed by atoms with Crippen molar-refractivity contribution in [2.45, 2.75) is 160 Å². The lowest BCUT2D eigenvalue weighted by Crippen LogP contribution is -2.59. The zero-order chi connectivity index (χ0) is 32.7.